The number of ketones is 2. The van der Waals surface area contributed by atoms with Crippen LogP contribution in [0.25, 0.3) is 0 Å². The van der Waals surface area contributed by atoms with Crippen molar-refractivity contribution in [2.75, 3.05) is 0 Å². The van der Waals surface area contributed by atoms with Gasteiger partial charge in [0.05, 0.1) is 6.10 Å². The summed E-state index contributed by atoms with van der Waals surface area (Å²) < 4.78 is 0. The minimum Gasteiger partial charge on any atom is -0.393 e. The Hall–Kier alpha value is -2.00. The molecule has 1 aromatic carbocycles. The molecule has 188 valence electrons. The van der Waals surface area contributed by atoms with Gasteiger partial charge in [0.15, 0.2) is 11.6 Å². The number of Topliss-reactive ketones (excluding diaryl/α,β-unsaturated/α-hetero) is 2. The van der Waals surface area contributed by atoms with Crippen LogP contribution in [0.1, 0.15) is 120 Å². The van der Waals surface area contributed by atoms with Gasteiger partial charge in [-0.3, -0.25) is 9.59 Å². The first-order valence-electron chi connectivity index (χ1n) is 13.3. The van der Waals surface area contributed by atoms with Crippen LogP contribution in [0.2, 0.25) is 0 Å². The number of aliphatic hydroxyl groups excluding tert-OH is 1. The third-order valence-electron chi connectivity index (χ3n) is 7.24. The van der Waals surface area contributed by atoms with Crippen LogP contribution in [0.4, 0.5) is 0 Å². The highest BCUT2D eigenvalue weighted by Crippen LogP contribution is 2.29. The second-order valence-electron chi connectivity index (χ2n) is 11.1. The van der Waals surface area contributed by atoms with E-state index in [9.17, 15) is 14.7 Å². The molecule has 0 heterocycles. The van der Waals surface area contributed by atoms with Crippen LogP contribution in [-0.2, 0) is 0 Å². The van der Waals surface area contributed by atoms with Crippen LogP contribution < -0.4 is 0 Å². The van der Waals surface area contributed by atoms with Gasteiger partial charge in [-0.1, -0.05) is 102 Å². The topological polar surface area (TPSA) is 54.4 Å². The molecule has 0 radical (unpaired) electrons. The Morgan fingerprint density at radius 1 is 0.882 bits per heavy atom. The molecule has 1 aliphatic carbocycles. The van der Waals surface area contributed by atoms with E-state index in [1.165, 1.54) is 32.1 Å². The Labute approximate surface area is 207 Å². The zero-order chi connectivity index (χ0) is 25.3. The highest BCUT2D eigenvalue weighted by molar-refractivity contribution is 6.26. The van der Waals surface area contributed by atoms with E-state index >= 15 is 0 Å². The van der Waals surface area contributed by atoms with Crippen LogP contribution in [0.3, 0.4) is 0 Å². The van der Waals surface area contributed by atoms with Crippen molar-refractivity contribution < 1.29 is 14.7 Å². The van der Waals surface area contributed by atoms with Gasteiger partial charge in [0.1, 0.15) is 0 Å². The third kappa shape index (κ3) is 8.65. The van der Waals surface area contributed by atoms with Gasteiger partial charge in [-0.2, -0.15) is 0 Å². The number of hydrogen-bond acceptors (Lipinski definition) is 3. The fraction of sp³-hybridized carbons (Fsp3) is 0.613. The summed E-state index contributed by atoms with van der Waals surface area (Å²) in [4.78, 5) is 25.6. The molecule has 0 aliphatic heterocycles. The van der Waals surface area contributed by atoms with Crippen molar-refractivity contribution in [3.8, 4) is 0 Å². The molecule has 3 heteroatoms. The second kappa shape index (κ2) is 13.8. The number of hydrogen-bond donors (Lipinski definition) is 1. The summed E-state index contributed by atoms with van der Waals surface area (Å²) in [6.07, 6.45) is 11.2. The van der Waals surface area contributed by atoms with E-state index in [2.05, 4.69) is 27.7 Å². The normalized spacial score (nSPS) is 17.2. The van der Waals surface area contributed by atoms with E-state index in [-0.39, 0.29) is 17.7 Å². The molecule has 0 saturated carbocycles. The first-order chi connectivity index (χ1) is 16.1. The van der Waals surface area contributed by atoms with E-state index in [1.807, 2.05) is 13.0 Å². The summed E-state index contributed by atoms with van der Waals surface area (Å²) in [5.41, 5.74) is 3.19. The van der Waals surface area contributed by atoms with Crippen LogP contribution in [-0.4, -0.2) is 22.8 Å². The van der Waals surface area contributed by atoms with E-state index in [0.29, 0.717) is 41.0 Å². The second-order valence-corrected chi connectivity index (χ2v) is 11.1. The molecule has 3 nitrogen and oxygen atoms in total. The summed E-state index contributed by atoms with van der Waals surface area (Å²) in [5, 5.41) is 10.6. The van der Waals surface area contributed by atoms with Gasteiger partial charge in [-0.05, 0) is 50.9 Å². The molecule has 0 amide bonds. The maximum Gasteiger partial charge on any atom is 0.190 e. The molecular formula is C31H46O3. The van der Waals surface area contributed by atoms with E-state index in [1.54, 1.807) is 31.2 Å². The van der Waals surface area contributed by atoms with Gasteiger partial charge in [-0.15, -0.1) is 0 Å². The molecule has 34 heavy (non-hydrogen) atoms. The lowest BCUT2D eigenvalue weighted by Gasteiger charge is -2.19. The van der Waals surface area contributed by atoms with Crippen LogP contribution in [0.5, 0.6) is 0 Å². The first kappa shape index (κ1) is 28.2. The fourth-order valence-electron chi connectivity index (χ4n) is 5.03. The molecule has 2 rings (SSSR count). The van der Waals surface area contributed by atoms with Crippen LogP contribution >= 0.6 is 0 Å². The maximum absolute atomic E-state index is 12.9. The number of fused-ring (bicyclic) bond motifs is 1. The Balaban J connectivity index is 1.77. The number of benzene rings is 1. The van der Waals surface area contributed by atoms with Crippen molar-refractivity contribution in [3.05, 3.63) is 58.2 Å². The molecule has 1 unspecified atom stereocenters. The maximum atomic E-state index is 12.9. The van der Waals surface area contributed by atoms with Crippen molar-refractivity contribution in [3.63, 3.8) is 0 Å². The van der Waals surface area contributed by atoms with Gasteiger partial charge < -0.3 is 5.11 Å². The van der Waals surface area contributed by atoms with E-state index in [4.69, 9.17) is 0 Å². The molecule has 3 atom stereocenters. The number of allylic oxidation sites excluding steroid dienone is 3. The average Bonchev–Trinajstić information content (AvgIpc) is 2.77. The minimum absolute atomic E-state index is 0.0515. The van der Waals surface area contributed by atoms with Crippen molar-refractivity contribution in [1.29, 1.82) is 0 Å². The molecule has 0 bridgehead atoms. The van der Waals surface area contributed by atoms with Crippen LogP contribution in [0, 0.1) is 17.8 Å². The van der Waals surface area contributed by atoms with Crippen molar-refractivity contribution in [2.24, 2.45) is 17.8 Å². The van der Waals surface area contributed by atoms with Gasteiger partial charge in [0.25, 0.3) is 0 Å². The largest absolute Gasteiger partial charge is 0.393 e. The molecule has 1 N–H and O–H groups in total. The number of aliphatic hydroxyl groups is 1. The Morgan fingerprint density at radius 2 is 1.44 bits per heavy atom. The predicted molar refractivity (Wildman–Crippen MR) is 142 cm³/mol. The number of carbonyl (C=O) groups excluding carboxylic acids is 2. The van der Waals surface area contributed by atoms with Gasteiger partial charge in [0, 0.05) is 22.3 Å². The predicted octanol–water partition coefficient (Wildman–Crippen LogP) is 8.13. The van der Waals surface area contributed by atoms with Crippen LogP contribution in [0.15, 0.2) is 47.1 Å². The highest BCUT2D eigenvalue weighted by atomic mass is 16.3. The summed E-state index contributed by atoms with van der Waals surface area (Å²) in [5.74, 6) is 1.99. The van der Waals surface area contributed by atoms with E-state index in [0.717, 1.165) is 30.3 Å². The Morgan fingerprint density at radius 3 is 2.06 bits per heavy atom. The fourth-order valence-corrected chi connectivity index (χ4v) is 5.03. The summed E-state index contributed by atoms with van der Waals surface area (Å²) >= 11 is 0. The van der Waals surface area contributed by atoms with Crippen molar-refractivity contribution in [2.45, 2.75) is 105 Å². The Kier molecular flexibility index (Phi) is 11.4. The SMILES string of the molecule is CC1=C(C/C=C(\C)CC(O)C[C@H](C)CCC[C@H](C)CCCC(C)C)C(=O)c2ccccc2C1=O. The standard InChI is InChI=1S/C31H46O3/c1-21(2)11-9-12-22(3)13-10-14-23(4)19-26(32)20-24(5)17-18-27-25(6)30(33)28-15-7-8-16-29(28)31(27)34/h7-8,15-17,21-23,26,32H,9-14,18-20H2,1-6H3/b24-17+/t22-,23-,26?/m1/s1. The average molecular weight is 467 g/mol. The monoisotopic (exact) mass is 466 g/mol. The first-order valence-corrected chi connectivity index (χ1v) is 13.3. The number of rotatable bonds is 14. The number of carbonyl (C=O) groups is 2. The lowest BCUT2D eigenvalue weighted by atomic mass is 9.83. The quantitative estimate of drug-likeness (QED) is 0.282. The van der Waals surface area contributed by atoms with Crippen molar-refractivity contribution in [1.82, 2.24) is 0 Å². The summed E-state index contributed by atoms with van der Waals surface area (Å²) in [6, 6.07) is 7.05. The molecular weight excluding hydrogens is 420 g/mol. The zero-order valence-electron chi connectivity index (χ0n) is 22.3. The lowest BCUT2D eigenvalue weighted by Crippen LogP contribution is -2.20. The van der Waals surface area contributed by atoms with Crippen molar-refractivity contribution >= 4 is 11.6 Å². The third-order valence-corrected chi connectivity index (χ3v) is 7.24. The van der Waals surface area contributed by atoms with Gasteiger partial charge in [0.2, 0.25) is 0 Å². The van der Waals surface area contributed by atoms with Gasteiger partial charge in [-0.25, -0.2) is 0 Å². The minimum atomic E-state index is -0.366. The molecule has 0 fully saturated rings. The molecule has 0 aromatic heterocycles. The molecule has 1 aliphatic rings. The molecule has 0 spiro atoms. The Bertz CT molecular complexity index is 890. The zero-order valence-corrected chi connectivity index (χ0v) is 22.3. The lowest BCUT2D eigenvalue weighted by molar-refractivity contribution is 0.0973. The molecule has 0 saturated heterocycles. The summed E-state index contributed by atoms with van der Waals surface area (Å²) in [7, 11) is 0. The van der Waals surface area contributed by atoms with E-state index < -0.39 is 0 Å². The highest BCUT2D eigenvalue weighted by Gasteiger charge is 2.28. The van der Waals surface area contributed by atoms with Gasteiger partial charge >= 0.3 is 0 Å². The smallest absolute Gasteiger partial charge is 0.190 e. The summed E-state index contributed by atoms with van der Waals surface area (Å²) in [6.45, 7) is 12.9. The molecule has 1 aromatic rings.